The van der Waals surface area contributed by atoms with Crippen molar-refractivity contribution in [1.82, 2.24) is 9.80 Å². The Labute approximate surface area is 117 Å². The van der Waals surface area contributed by atoms with Crippen molar-refractivity contribution < 1.29 is 9.53 Å². The van der Waals surface area contributed by atoms with Crippen molar-refractivity contribution in [2.75, 3.05) is 32.7 Å². The Kier molecular flexibility index (Phi) is 6.07. The Morgan fingerprint density at radius 3 is 2.32 bits per heavy atom. The minimum Gasteiger partial charge on any atom is -0.444 e. The molecule has 0 aromatic carbocycles. The van der Waals surface area contributed by atoms with Crippen LogP contribution in [0.1, 0.15) is 40.5 Å². The Balaban J connectivity index is 2.23. The van der Waals surface area contributed by atoms with E-state index in [1.165, 1.54) is 0 Å². The van der Waals surface area contributed by atoms with Crippen LogP contribution in [0.2, 0.25) is 0 Å². The maximum atomic E-state index is 11.9. The maximum Gasteiger partial charge on any atom is 0.410 e. The fourth-order valence-corrected chi connectivity index (χ4v) is 2.12. The van der Waals surface area contributed by atoms with Crippen LogP contribution in [0.4, 0.5) is 4.79 Å². The molecule has 0 saturated carbocycles. The minimum atomic E-state index is -0.411. The van der Waals surface area contributed by atoms with Gasteiger partial charge >= 0.3 is 6.09 Å². The molecule has 1 amide bonds. The van der Waals surface area contributed by atoms with Gasteiger partial charge in [0, 0.05) is 32.2 Å². The molecule has 0 aliphatic carbocycles. The molecule has 1 fully saturated rings. The minimum absolute atomic E-state index is 0.192. The van der Waals surface area contributed by atoms with Crippen LogP contribution < -0.4 is 5.73 Å². The Morgan fingerprint density at radius 2 is 1.84 bits per heavy atom. The van der Waals surface area contributed by atoms with Crippen LogP contribution in [0, 0.1) is 0 Å². The first kappa shape index (κ1) is 16.2. The van der Waals surface area contributed by atoms with Gasteiger partial charge < -0.3 is 15.4 Å². The second kappa shape index (κ2) is 7.10. The van der Waals surface area contributed by atoms with Crippen molar-refractivity contribution in [2.45, 2.75) is 52.2 Å². The van der Waals surface area contributed by atoms with E-state index < -0.39 is 5.60 Å². The molecule has 1 unspecified atom stereocenters. The molecule has 1 rings (SSSR count). The first-order chi connectivity index (χ1) is 8.78. The number of carbonyl (C=O) groups excluding carboxylic acids is 1. The van der Waals surface area contributed by atoms with Gasteiger partial charge in [-0.25, -0.2) is 4.79 Å². The van der Waals surface area contributed by atoms with Crippen LogP contribution in [0.15, 0.2) is 0 Å². The third-order valence-electron chi connectivity index (χ3n) is 3.16. The number of ether oxygens (including phenoxy) is 1. The Morgan fingerprint density at radius 1 is 1.26 bits per heavy atom. The largest absolute Gasteiger partial charge is 0.444 e. The monoisotopic (exact) mass is 271 g/mol. The van der Waals surface area contributed by atoms with Gasteiger partial charge in [0.25, 0.3) is 0 Å². The highest BCUT2D eigenvalue weighted by Gasteiger charge is 2.25. The summed E-state index contributed by atoms with van der Waals surface area (Å²) in [6.07, 6.45) is 2.00. The summed E-state index contributed by atoms with van der Waals surface area (Å²) in [6.45, 7) is 12.2. The number of rotatable bonds is 4. The standard InChI is InChI=1S/C14H29N3O2/c1-12(15)6-5-7-16-8-10-17(11-9-16)13(18)19-14(2,3)4/h12H,5-11,15H2,1-4H3. The smallest absolute Gasteiger partial charge is 0.410 e. The number of nitrogens with two attached hydrogens (primary N) is 1. The second-order valence-corrected chi connectivity index (χ2v) is 6.43. The summed E-state index contributed by atoms with van der Waals surface area (Å²) in [5.74, 6) is 0. The topological polar surface area (TPSA) is 58.8 Å². The van der Waals surface area contributed by atoms with E-state index in [9.17, 15) is 4.79 Å². The van der Waals surface area contributed by atoms with Crippen LogP contribution in [0.3, 0.4) is 0 Å². The lowest BCUT2D eigenvalue weighted by Crippen LogP contribution is -2.50. The number of hydrogen-bond acceptors (Lipinski definition) is 4. The SMILES string of the molecule is CC(N)CCCN1CCN(C(=O)OC(C)(C)C)CC1. The summed E-state index contributed by atoms with van der Waals surface area (Å²) in [5.41, 5.74) is 5.33. The van der Waals surface area contributed by atoms with Crippen LogP contribution in [-0.2, 0) is 4.74 Å². The van der Waals surface area contributed by atoms with E-state index in [4.69, 9.17) is 10.5 Å². The summed E-state index contributed by atoms with van der Waals surface area (Å²) in [4.78, 5) is 16.1. The highest BCUT2D eigenvalue weighted by atomic mass is 16.6. The van der Waals surface area contributed by atoms with E-state index in [2.05, 4.69) is 4.90 Å². The van der Waals surface area contributed by atoms with Crippen LogP contribution in [0.5, 0.6) is 0 Å². The summed E-state index contributed by atoms with van der Waals surface area (Å²) >= 11 is 0. The number of piperazine rings is 1. The van der Waals surface area contributed by atoms with E-state index in [-0.39, 0.29) is 12.1 Å². The Bertz CT molecular complexity index is 279. The van der Waals surface area contributed by atoms with E-state index in [0.717, 1.165) is 45.6 Å². The van der Waals surface area contributed by atoms with Gasteiger partial charge in [-0.3, -0.25) is 4.90 Å². The molecule has 1 saturated heterocycles. The molecule has 0 aromatic rings. The molecule has 2 N–H and O–H groups in total. The molecule has 1 aliphatic heterocycles. The third-order valence-corrected chi connectivity index (χ3v) is 3.16. The zero-order valence-corrected chi connectivity index (χ0v) is 12.8. The van der Waals surface area contributed by atoms with Crippen molar-refractivity contribution in [1.29, 1.82) is 0 Å². The first-order valence-corrected chi connectivity index (χ1v) is 7.24. The van der Waals surface area contributed by atoms with Gasteiger partial charge in [-0.2, -0.15) is 0 Å². The van der Waals surface area contributed by atoms with E-state index >= 15 is 0 Å². The van der Waals surface area contributed by atoms with Crippen LogP contribution in [-0.4, -0.2) is 60.3 Å². The molecule has 5 nitrogen and oxygen atoms in total. The molecule has 1 aliphatic rings. The molecule has 0 aromatic heterocycles. The molecular formula is C14H29N3O2. The van der Waals surface area contributed by atoms with Crippen LogP contribution >= 0.6 is 0 Å². The van der Waals surface area contributed by atoms with Crippen molar-refractivity contribution in [3.8, 4) is 0 Å². The molecule has 1 atom stereocenters. The van der Waals surface area contributed by atoms with Gasteiger partial charge in [-0.1, -0.05) is 0 Å². The number of hydrogen-bond donors (Lipinski definition) is 1. The summed E-state index contributed by atoms with van der Waals surface area (Å²) < 4.78 is 5.38. The highest BCUT2D eigenvalue weighted by Crippen LogP contribution is 2.12. The van der Waals surface area contributed by atoms with Crippen molar-refractivity contribution >= 4 is 6.09 Å². The normalized spacial score (nSPS) is 19.3. The average molecular weight is 271 g/mol. The summed E-state index contributed by atoms with van der Waals surface area (Å²) in [7, 11) is 0. The van der Waals surface area contributed by atoms with Gasteiger partial charge in [0.2, 0.25) is 0 Å². The van der Waals surface area contributed by atoms with Gasteiger partial charge in [-0.15, -0.1) is 0 Å². The first-order valence-electron chi connectivity index (χ1n) is 7.24. The molecule has 0 spiro atoms. The zero-order chi connectivity index (χ0) is 14.5. The van der Waals surface area contributed by atoms with Gasteiger partial charge in [0.05, 0.1) is 0 Å². The predicted molar refractivity (Wildman–Crippen MR) is 77.1 cm³/mol. The van der Waals surface area contributed by atoms with E-state index in [1.54, 1.807) is 4.90 Å². The van der Waals surface area contributed by atoms with Crippen molar-refractivity contribution in [2.24, 2.45) is 5.73 Å². The lowest BCUT2D eigenvalue weighted by molar-refractivity contribution is 0.0144. The van der Waals surface area contributed by atoms with Crippen LogP contribution in [0.25, 0.3) is 0 Å². The van der Waals surface area contributed by atoms with E-state index in [1.807, 2.05) is 27.7 Å². The molecule has 112 valence electrons. The van der Waals surface area contributed by atoms with Crippen molar-refractivity contribution in [3.63, 3.8) is 0 Å². The number of carbonyl (C=O) groups is 1. The zero-order valence-electron chi connectivity index (χ0n) is 12.8. The number of amides is 1. The molecular weight excluding hydrogens is 242 g/mol. The average Bonchev–Trinajstić information content (AvgIpc) is 2.27. The number of nitrogens with zero attached hydrogens (tertiary/aromatic N) is 2. The Hall–Kier alpha value is -0.810. The fraction of sp³-hybridized carbons (Fsp3) is 0.929. The maximum absolute atomic E-state index is 11.9. The lowest BCUT2D eigenvalue weighted by Gasteiger charge is -2.35. The second-order valence-electron chi connectivity index (χ2n) is 6.43. The quantitative estimate of drug-likeness (QED) is 0.845. The van der Waals surface area contributed by atoms with Gasteiger partial charge in [0.1, 0.15) is 5.60 Å². The van der Waals surface area contributed by atoms with Crippen molar-refractivity contribution in [3.05, 3.63) is 0 Å². The summed E-state index contributed by atoms with van der Waals surface area (Å²) in [6, 6.07) is 0.281. The molecule has 19 heavy (non-hydrogen) atoms. The molecule has 0 bridgehead atoms. The van der Waals surface area contributed by atoms with Gasteiger partial charge in [-0.05, 0) is 47.1 Å². The fourth-order valence-electron chi connectivity index (χ4n) is 2.12. The summed E-state index contributed by atoms with van der Waals surface area (Å²) in [5, 5.41) is 0. The molecule has 0 radical (unpaired) electrons. The molecule has 1 heterocycles. The molecule has 5 heteroatoms. The van der Waals surface area contributed by atoms with Gasteiger partial charge in [0.15, 0.2) is 0 Å². The predicted octanol–water partition coefficient (Wildman–Crippen LogP) is 1.67. The lowest BCUT2D eigenvalue weighted by atomic mass is 10.2. The van der Waals surface area contributed by atoms with E-state index in [0.29, 0.717) is 0 Å². The highest BCUT2D eigenvalue weighted by molar-refractivity contribution is 5.68. The third kappa shape index (κ3) is 6.78.